The third-order valence-electron chi connectivity index (χ3n) is 3.46. The van der Waals surface area contributed by atoms with E-state index in [2.05, 4.69) is 20.0 Å². The molecule has 2 aromatic rings. The number of rotatable bonds is 6. The lowest BCUT2D eigenvalue weighted by Crippen LogP contribution is -2.35. The third-order valence-corrected chi connectivity index (χ3v) is 4.79. The predicted molar refractivity (Wildman–Crippen MR) is 97.0 cm³/mol. The first-order valence-corrected chi connectivity index (χ1v) is 9.18. The summed E-state index contributed by atoms with van der Waals surface area (Å²) in [4.78, 5) is 31.2. The summed E-state index contributed by atoms with van der Waals surface area (Å²) in [5.74, 6) is -0.601. The van der Waals surface area contributed by atoms with E-state index in [-0.39, 0.29) is 28.2 Å². The number of carbonyl (C=O) groups excluding carboxylic acids is 2. The standard InChI is InChI=1S/C16H18N4O7S/c1-9-7-10(5-6-11(9)14(21)27-4)28(23,24)20-16(22)19-15-17-12(25-2)8-13(18-15)26-3/h5-8H,1-4H3,(H2,17,18,19,20,22). The van der Waals surface area contributed by atoms with Crippen molar-refractivity contribution in [2.45, 2.75) is 11.8 Å². The summed E-state index contributed by atoms with van der Waals surface area (Å²) in [6.07, 6.45) is 0. The van der Waals surface area contributed by atoms with Crippen LogP contribution in [0.15, 0.2) is 29.2 Å². The van der Waals surface area contributed by atoms with Crippen LogP contribution >= 0.6 is 0 Å². The van der Waals surface area contributed by atoms with Gasteiger partial charge < -0.3 is 14.2 Å². The molecule has 0 aliphatic carbocycles. The number of nitrogens with one attached hydrogen (secondary N) is 2. The molecule has 11 nitrogen and oxygen atoms in total. The molecule has 0 saturated carbocycles. The number of anilines is 1. The number of nitrogens with zero attached hydrogens (tertiary/aromatic N) is 2. The van der Waals surface area contributed by atoms with Crippen LogP contribution in [0, 0.1) is 6.92 Å². The van der Waals surface area contributed by atoms with Crippen LogP contribution in [0.1, 0.15) is 15.9 Å². The molecular weight excluding hydrogens is 392 g/mol. The lowest BCUT2D eigenvalue weighted by molar-refractivity contribution is 0.0599. The molecule has 0 unspecified atom stereocenters. The summed E-state index contributed by atoms with van der Waals surface area (Å²) >= 11 is 0. The number of benzene rings is 1. The Bertz CT molecular complexity index is 986. The van der Waals surface area contributed by atoms with Crippen LogP contribution in [-0.2, 0) is 14.8 Å². The normalized spacial score (nSPS) is 10.7. The van der Waals surface area contributed by atoms with Crippen molar-refractivity contribution in [3.63, 3.8) is 0 Å². The molecule has 150 valence electrons. The fourth-order valence-corrected chi connectivity index (χ4v) is 3.11. The molecule has 1 heterocycles. The molecule has 0 bridgehead atoms. The van der Waals surface area contributed by atoms with Crippen LogP contribution in [0.2, 0.25) is 0 Å². The molecule has 2 N–H and O–H groups in total. The molecule has 0 radical (unpaired) electrons. The maximum atomic E-state index is 12.4. The van der Waals surface area contributed by atoms with Gasteiger partial charge in [0.1, 0.15) is 0 Å². The van der Waals surface area contributed by atoms with Crippen LogP contribution < -0.4 is 19.5 Å². The second-order valence-corrected chi connectivity index (χ2v) is 6.99. The number of ether oxygens (including phenoxy) is 3. The van der Waals surface area contributed by atoms with Crippen LogP contribution in [0.25, 0.3) is 0 Å². The minimum Gasteiger partial charge on any atom is -0.481 e. The number of urea groups is 1. The molecule has 2 amide bonds. The van der Waals surface area contributed by atoms with Crippen molar-refractivity contribution in [2.75, 3.05) is 26.6 Å². The van der Waals surface area contributed by atoms with E-state index in [0.29, 0.717) is 5.56 Å². The molecule has 1 aromatic heterocycles. The molecule has 12 heteroatoms. The lowest BCUT2D eigenvalue weighted by Gasteiger charge is -2.11. The average molecular weight is 410 g/mol. The molecule has 0 spiro atoms. The number of aryl methyl sites for hydroxylation is 1. The van der Waals surface area contributed by atoms with E-state index in [1.54, 1.807) is 6.92 Å². The van der Waals surface area contributed by atoms with Crippen LogP contribution in [0.5, 0.6) is 11.8 Å². The summed E-state index contributed by atoms with van der Waals surface area (Å²) in [5, 5.41) is 2.19. The summed E-state index contributed by atoms with van der Waals surface area (Å²) in [5.41, 5.74) is 0.582. The Kier molecular flexibility index (Phi) is 6.36. The van der Waals surface area contributed by atoms with Gasteiger partial charge in [0.15, 0.2) is 0 Å². The van der Waals surface area contributed by atoms with E-state index >= 15 is 0 Å². The fraction of sp³-hybridized carbons (Fsp3) is 0.250. The minimum absolute atomic E-state index is 0.110. The van der Waals surface area contributed by atoms with Gasteiger partial charge in [0.25, 0.3) is 10.0 Å². The van der Waals surface area contributed by atoms with Gasteiger partial charge >= 0.3 is 12.0 Å². The molecule has 0 aliphatic heterocycles. The molecular formula is C16H18N4O7S. The van der Waals surface area contributed by atoms with Gasteiger partial charge in [-0.05, 0) is 30.7 Å². The highest BCUT2D eigenvalue weighted by atomic mass is 32.2. The number of methoxy groups -OCH3 is 3. The summed E-state index contributed by atoms with van der Waals surface area (Å²) in [7, 11) is -0.284. The van der Waals surface area contributed by atoms with E-state index in [0.717, 1.165) is 0 Å². The van der Waals surface area contributed by atoms with Gasteiger partial charge in [-0.25, -0.2) is 22.7 Å². The number of hydrogen-bond acceptors (Lipinski definition) is 9. The SMILES string of the molecule is COC(=O)c1ccc(S(=O)(=O)NC(=O)Nc2nc(OC)cc(OC)n2)cc1C. The Morgan fingerprint density at radius 2 is 1.61 bits per heavy atom. The zero-order chi connectivity index (χ0) is 20.9. The fourth-order valence-electron chi connectivity index (χ4n) is 2.12. The second-order valence-electron chi connectivity index (χ2n) is 5.30. The Morgan fingerprint density at radius 1 is 1.00 bits per heavy atom. The average Bonchev–Trinajstić information content (AvgIpc) is 2.66. The topological polar surface area (TPSA) is 146 Å². The molecule has 1 aromatic carbocycles. The number of sulfonamides is 1. The van der Waals surface area contributed by atoms with Crippen molar-refractivity contribution in [3.8, 4) is 11.8 Å². The first-order chi connectivity index (χ1) is 13.2. The van der Waals surface area contributed by atoms with Gasteiger partial charge in [0, 0.05) is 0 Å². The van der Waals surface area contributed by atoms with Crippen molar-refractivity contribution in [2.24, 2.45) is 0 Å². The monoisotopic (exact) mass is 410 g/mol. The highest BCUT2D eigenvalue weighted by Crippen LogP contribution is 2.18. The van der Waals surface area contributed by atoms with Crippen molar-refractivity contribution in [1.82, 2.24) is 14.7 Å². The van der Waals surface area contributed by atoms with E-state index in [9.17, 15) is 18.0 Å². The van der Waals surface area contributed by atoms with Gasteiger partial charge in [-0.2, -0.15) is 9.97 Å². The zero-order valence-electron chi connectivity index (χ0n) is 15.5. The maximum absolute atomic E-state index is 12.4. The van der Waals surface area contributed by atoms with E-state index in [4.69, 9.17) is 9.47 Å². The number of aromatic nitrogens is 2. The third kappa shape index (κ3) is 4.85. The second kappa shape index (κ2) is 8.52. The molecule has 2 rings (SSSR count). The summed E-state index contributed by atoms with van der Waals surface area (Å²) < 4.78 is 41.1. The van der Waals surface area contributed by atoms with Crippen LogP contribution in [0.3, 0.4) is 0 Å². The highest BCUT2D eigenvalue weighted by molar-refractivity contribution is 7.90. The van der Waals surface area contributed by atoms with E-state index in [1.165, 1.54) is 45.6 Å². The van der Waals surface area contributed by atoms with Crippen LogP contribution in [-0.4, -0.2) is 51.7 Å². The first kappa shape index (κ1) is 20.9. The molecule has 0 atom stereocenters. The minimum atomic E-state index is -4.21. The van der Waals surface area contributed by atoms with Crippen molar-refractivity contribution >= 4 is 28.0 Å². The van der Waals surface area contributed by atoms with Crippen molar-refractivity contribution in [1.29, 1.82) is 0 Å². The maximum Gasteiger partial charge on any atom is 0.338 e. The van der Waals surface area contributed by atoms with Crippen molar-refractivity contribution < 1.29 is 32.2 Å². The van der Waals surface area contributed by atoms with Gasteiger partial charge in [-0.3, -0.25) is 5.32 Å². The number of amides is 2. The Balaban J connectivity index is 2.19. The lowest BCUT2D eigenvalue weighted by atomic mass is 10.1. The van der Waals surface area contributed by atoms with E-state index < -0.39 is 22.0 Å². The molecule has 0 saturated heterocycles. The Labute approximate surface area is 161 Å². The quantitative estimate of drug-likeness (QED) is 0.668. The first-order valence-electron chi connectivity index (χ1n) is 7.70. The van der Waals surface area contributed by atoms with Crippen LogP contribution in [0.4, 0.5) is 10.7 Å². The number of carbonyl (C=O) groups is 2. The van der Waals surface area contributed by atoms with Gasteiger partial charge in [-0.15, -0.1) is 0 Å². The zero-order valence-corrected chi connectivity index (χ0v) is 16.3. The van der Waals surface area contributed by atoms with Crippen molar-refractivity contribution in [3.05, 3.63) is 35.4 Å². The van der Waals surface area contributed by atoms with E-state index in [1.807, 2.05) is 4.72 Å². The largest absolute Gasteiger partial charge is 0.481 e. The smallest absolute Gasteiger partial charge is 0.338 e. The number of hydrogen-bond donors (Lipinski definition) is 2. The van der Waals surface area contributed by atoms with Gasteiger partial charge in [0.05, 0.1) is 37.9 Å². The molecule has 0 aliphatic rings. The highest BCUT2D eigenvalue weighted by Gasteiger charge is 2.21. The Hall–Kier alpha value is -3.41. The van der Waals surface area contributed by atoms with Gasteiger partial charge in [-0.1, -0.05) is 0 Å². The summed E-state index contributed by atoms with van der Waals surface area (Å²) in [6, 6.07) is 4.01. The molecule has 0 fully saturated rings. The molecule has 28 heavy (non-hydrogen) atoms. The predicted octanol–water partition coefficient (Wildman–Crippen LogP) is 1.10. The summed E-state index contributed by atoms with van der Waals surface area (Å²) in [6.45, 7) is 1.54. The number of esters is 1. The van der Waals surface area contributed by atoms with Gasteiger partial charge in [0.2, 0.25) is 17.7 Å². The Morgan fingerprint density at radius 3 is 2.11 bits per heavy atom.